The van der Waals surface area contributed by atoms with Gasteiger partial charge in [0.2, 0.25) is 11.8 Å². The Morgan fingerprint density at radius 3 is 2.72 bits per heavy atom. The van der Waals surface area contributed by atoms with Gasteiger partial charge in [-0.1, -0.05) is 43.7 Å². The fourth-order valence-corrected chi connectivity index (χ4v) is 3.94. The summed E-state index contributed by atoms with van der Waals surface area (Å²) in [6.45, 7) is 3.61. The zero-order chi connectivity index (χ0) is 17.6. The number of rotatable bonds is 6. The van der Waals surface area contributed by atoms with E-state index in [-0.39, 0.29) is 11.8 Å². The van der Waals surface area contributed by atoms with Gasteiger partial charge in [0.1, 0.15) is 6.04 Å². The molecule has 1 aromatic rings. The van der Waals surface area contributed by atoms with E-state index in [9.17, 15) is 9.59 Å². The van der Waals surface area contributed by atoms with Crippen molar-refractivity contribution >= 4 is 11.8 Å². The lowest BCUT2D eigenvalue weighted by atomic mass is 10.1. The van der Waals surface area contributed by atoms with Crippen LogP contribution in [0.2, 0.25) is 0 Å². The second-order valence-electron chi connectivity index (χ2n) is 7.28. The smallest absolute Gasteiger partial charge is 0.245 e. The average molecular weight is 343 g/mol. The number of amides is 2. The molecule has 5 heteroatoms. The Bertz CT molecular complexity index is 590. The van der Waals surface area contributed by atoms with E-state index in [1.54, 1.807) is 0 Å². The lowest BCUT2D eigenvalue weighted by molar-refractivity contribution is -0.136. The fourth-order valence-electron chi connectivity index (χ4n) is 3.94. The Labute approximate surface area is 150 Å². The summed E-state index contributed by atoms with van der Waals surface area (Å²) >= 11 is 0. The zero-order valence-corrected chi connectivity index (χ0v) is 15.0. The summed E-state index contributed by atoms with van der Waals surface area (Å²) in [5.41, 5.74) is 0.971. The Morgan fingerprint density at radius 2 is 1.96 bits per heavy atom. The minimum Gasteiger partial charge on any atom is -0.344 e. The first-order valence-corrected chi connectivity index (χ1v) is 9.54. The van der Waals surface area contributed by atoms with Gasteiger partial charge in [-0.05, 0) is 31.2 Å². The van der Waals surface area contributed by atoms with Gasteiger partial charge < -0.3 is 15.5 Å². The van der Waals surface area contributed by atoms with Crippen molar-refractivity contribution < 1.29 is 9.59 Å². The van der Waals surface area contributed by atoms with E-state index >= 15 is 0 Å². The molecule has 0 spiro atoms. The minimum atomic E-state index is -0.405. The molecular weight excluding hydrogens is 314 g/mol. The first kappa shape index (κ1) is 17.9. The summed E-state index contributed by atoms with van der Waals surface area (Å²) in [4.78, 5) is 27.3. The Morgan fingerprint density at radius 1 is 1.20 bits per heavy atom. The molecule has 2 aliphatic rings. The van der Waals surface area contributed by atoms with Crippen molar-refractivity contribution in [2.75, 3.05) is 13.1 Å². The third-order valence-corrected chi connectivity index (χ3v) is 5.25. The van der Waals surface area contributed by atoms with Crippen LogP contribution in [0.1, 0.15) is 44.6 Å². The predicted molar refractivity (Wildman–Crippen MR) is 98.1 cm³/mol. The van der Waals surface area contributed by atoms with Crippen molar-refractivity contribution in [1.29, 1.82) is 0 Å². The molecule has 2 bridgehead atoms. The van der Waals surface area contributed by atoms with Crippen LogP contribution >= 0.6 is 0 Å². The summed E-state index contributed by atoms with van der Waals surface area (Å²) in [6, 6.07) is 10.2. The monoisotopic (exact) mass is 343 g/mol. The van der Waals surface area contributed by atoms with Crippen LogP contribution in [-0.2, 0) is 16.0 Å². The summed E-state index contributed by atoms with van der Waals surface area (Å²) in [5.74, 6) is 0.00470. The highest BCUT2D eigenvalue weighted by Gasteiger charge is 2.33. The number of carbonyl (C=O) groups excluding carboxylic acids is 2. The molecule has 1 aromatic carbocycles. The number of nitrogens with zero attached hydrogens (tertiary/aromatic N) is 1. The third-order valence-electron chi connectivity index (χ3n) is 5.25. The van der Waals surface area contributed by atoms with Gasteiger partial charge in [0.25, 0.3) is 0 Å². The number of hydrogen-bond donors (Lipinski definition) is 2. The van der Waals surface area contributed by atoms with Gasteiger partial charge in [0.05, 0.1) is 6.42 Å². The van der Waals surface area contributed by atoms with Crippen LogP contribution < -0.4 is 10.6 Å². The maximum absolute atomic E-state index is 13.0. The zero-order valence-electron chi connectivity index (χ0n) is 15.0. The van der Waals surface area contributed by atoms with Gasteiger partial charge in [-0.25, -0.2) is 0 Å². The molecule has 2 N–H and O–H groups in total. The molecule has 2 amide bonds. The molecule has 136 valence electrons. The Balaban J connectivity index is 1.59. The van der Waals surface area contributed by atoms with Crippen molar-refractivity contribution in [1.82, 2.24) is 15.5 Å². The van der Waals surface area contributed by atoms with Crippen LogP contribution in [0.5, 0.6) is 0 Å². The predicted octanol–water partition coefficient (Wildman–Crippen LogP) is 1.87. The van der Waals surface area contributed by atoms with E-state index in [1.165, 1.54) is 6.42 Å². The lowest BCUT2D eigenvalue weighted by Crippen LogP contribution is -2.51. The standard InChI is InChI=1S/C20H29N3O2/c1-2-6-18(22-19(24)13-15-7-4-3-5-8-15)20(25)23-12-11-16-9-10-17(14-23)21-16/h3-5,7-8,16-18,21H,2,6,9-14H2,1H3,(H,22,24). The van der Waals surface area contributed by atoms with E-state index in [2.05, 4.69) is 17.6 Å². The number of benzene rings is 1. The maximum atomic E-state index is 13.0. The van der Waals surface area contributed by atoms with Gasteiger partial charge in [0, 0.05) is 25.2 Å². The number of fused-ring (bicyclic) bond motifs is 2. The van der Waals surface area contributed by atoms with E-state index in [1.807, 2.05) is 35.2 Å². The molecule has 0 radical (unpaired) electrons. The first-order chi connectivity index (χ1) is 12.2. The molecule has 3 atom stereocenters. The number of nitrogens with one attached hydrogen (secondary N) is 2. The lowest BCUT2D eigenvalue weighted by Gasteiger charge is -2.29. The van der Waals surface area contributed by atoms with E-state index in [4.69, 9.17) is 0 Å². The van der Waals surface area contributed by atoms with Crippen molar-refractivity contribution in [3.63, 3.8) is 0 Å². The third kappa shape index (κ3) is 4.82. The summed E-state index contributed by atoms with van der Waals surface area (Å²) < 4.78 is 0. The van der Waals surface area contributed by atoms with Crippen molar-refractivity contribution in [3.8, 4) is 0 Å². The largest absolute Gasteiger partial charge is 0.344 e. The van der Waals surface area contributed by atoms with Crippen LogP contribution in [-0.4, -0.2) is 47.9 Å². The molecule has 0 saturated carbocycles. The average Bonchev–Trinajstić information content (AvgIpc) is 2.93. The van der Waals surface area contributed by atoms with Crippen molar-refractivity contribution in [2.24, 2.45) is 0 Å². The number of carbonyl (C=O) groups is 2. The van der Waals surface area contributed by atoms with Crippen LogP contribution in [0, 0.1) is 0 Å². The molecule has 0 aliphatic carbocycles. The van der Waals surface area contributed by atoms with Crippen LogP contribution in [0.3, 0.4) is 0 Å². The molecule has 25 heavy (non-hydrogen) atoms. The Kier molecular flexibility index (Phi) is 6.08. The van der Waals surface area contributed by atoms with E-state index in [0.717, 1.165) is 37.9 Å². The number of likely N-dealkylation sites (tertiary alicyclic amines) is 1. The molecule has 3 unspecified atom stereocenters. The van der Waals surface area contributed by atoms with E-state index < -0.39 is 6.04 Å². The Hall–Kier alpha value is -1.88. The molecule has 0 aromatic heterocycles. The molecular formula is C20H29N3O2. The molecule has 3 rings (SSSR count). The summed E-state index contributed by atoms with van der Waals surface area (Å²) in [7, 11) is 0. The summed E-state index contributed by atoms with van der Waals surface area (Å²) in [5, 5.41) is 6.58. The number of hydrogen-bond acceptors (Lipinski definition) is 3. The van der Waals surface area contributed by atoms with Crippen molar-refractivity contribution in [3.05, 3.63) is 35.9 Å². The second-order valence-corrected chi connectivity index (χ2v) is 7.28. The molecule has 5 nitrogen and oxygen atoms in total. The van der Waals surface area contributed by atoms with Gasteiger partial charge in [0.15, 0.2) is 0 Å². The second kappa shape index (κ2) is 8.48. The van der Waals surface area contributed by atoms with Gasteiger partial charge in [-0.15, -0.1) is 0 Å². The topological polar surface area (TPSA) is 61.4 Å². The first-order valence-electron chi connectivity index (χ1n) is 9.54. The maximum Gasteiger partial charge on any atom is 0.245 e. The van der Waals surface area contributed by atoms with Crippen LogP contribution in [0.25, 0.3) is 0 Å². The fraction of sp³-hybridized carbons (Fsp3) is 0.600. The normalized spacial score (nSPS) is 23.8. The van der Waals surface area contributed by atoms with Gasteiger partial charge >= 0.3 is 0 Å². The minimum absolute atomic E-state index is 0.0764. The van der Waals surface area contributed by atoms with Crippen LogP contribution in [0.15, 0.2) is 30.3 Å². The SMILES string of the molecule is CCCC(NC(=O)Cc1ccccc1)C(=O)N1CCC2CCC(C1)N2. The quantitative estimate of drug-likeness (QED) is 0.829. The highest BCUT2D eigenvalue weighted by molar-refractivity contribution is 5.88. The highest BCUT2D eigenvalue weighted by Crippen LogP contribution is 2.21. The highest BCUT2D eigenvalue weighted by atomic mass is 16.2. The van der Waals surface area contributed by atoms with Crippen molar-refractivity contribution in [2.45, 2.75) is 63.6 Å². The molecule has 2 saturated heterocycles. The van der Waals surface area contributed by atoms with Gasteiger partial charge in [-0.3, -0.25) is 9.59 Å². The molecule has 2 heterocycles. The van der Waals surface area contributed by atoms with Crippen LogP contribution in [0.4, 0.5) is 0 Å². The molecule has 2 fully saturated rings. The van der Waals surface area contributed by atoms with E-state index in [0.29, 0.717) is 24.9 Å². The molecule has 2 aliphatic heterocycles. The van der Waals surface area contributed by atoms with Gasteiger partial charge in [-0.2, -0.15) is 0 Å². The summed E-state index contributed by atoms with van der Waals surface area (Å²) in [6.07, 6.45) is 5.27.